The Morgan fingerprint density at radius 2 is 2.05 bits per heavy atom. The van der Waals surface area contributed by atoms with E-state index in [2.05, 4.69) is 4.74 Å². The summed E-state index contributed by atoms with van der Waals surface area (Å²) in [4.78, 5) is 37.9. The van der Waals surface area contributed by atoms with Crippen LogP contribution in [0, 0.1) is 0 Å². The fourth-order valence-electron chi connectivity index (χ4n) is 2.69. The highest BCUT2D eigenvalue weighted by atomic mass is 16.6. The number of methoxy groups -OCH3 is 1. The largest absolute Gasteiger partial charge is 0.468 e. The standard InChI is InChI=1S/C13H20N2O5/c1-19-12(17)9-14(10-4-2-3-5-10)8-11(16)15-6-7-20-13(15)18/h10H,2-9H2,1H3. The lowest BCUT2D eigenvalue weighted by Gasteiger charge is -2.27. The topological polar surface area (TPSA) is 76.2 Å². The fourth-order valence-corrected chi connectivity index (χ4v) is 2.69. The summed E-state index contributed by atoms with van der Waals surface area (Å²) in [6, 6.07) is 0.205. The normalized spacial score (nSPS) is 19.5. The van der Waals surface area contributed by atoms with Gasteiger partial charge in [-0.3, -0.25) is 14.5 Å². The van der Waals surface area contributed by atoms with Crippen LogP contribution in [-0.4, -0.2) is 67.2 Å². The van der Waals surface area contributed by atoms with Crippen molar-refractivity contribution in [3.8, 4) is 0 Å². The van der Waals surface area contributed by atoms with Crippen LogP contribution in [-0.2, 0) is 19.1 Å². The van der Waals surface area contributed by atoms with E-state index in [4.69, 9.17) is 4.74 Å². The molecule has 20 heavy (non-hydrogen) atoms. The zero-order chi connectivity index (χ0) is 14.5. The van der Waals surface area contributed by atoms with Crippen molar-refractivity contribution >= 4 is 18.0 Å². The first-order valence-corrected chi connectivity index (χ1v) is 6.90. The molecule has 0 bridgehead atoms. The number of amides is 2. The van der Waals surface area contributed by atoms with Crippen LogP contribution in [0.4, 0.5) is 4.79 Å². The molecule has 1 aliphatic carbocycles. The molecule has 0 radical (unpaired) electrons. The van der Waals surface area contributed by atoms with Gasteiger partial charge in [-0.25, -0.2) is 9.69 Å². The predicted molar refractivity (Wildman–Crippen MR) is 68.9 cm³/mol. The Balaban J connectivity index is 1.96. The van der Waals surface area contributed by atoms with E-state index in [1.165, 1.54) is 7.11 Å². The molecule has 1 aliphatic heterocycles. The van der Waals surface area contributed by atoms with Gasteiger partial charge in [0.05, 0.1) is 26.7 Å². The Morgan fingerprint density at radius 3 is 2.60 bits per heavy atom. The molecule has 7 heteroatoms. The van der Waals surface area contributed by atoms with Crippen molar-refractivity contribution in [2.24, 2.45) is 0 Å². The number of esters is 1. The molecule has 0 aromatic heterocycles. The molecule has 1 saturated carbocycles. The molecular weight excluding hydrogens is 264 g/mol. The summed E-state index contributed by atoms with van der Waals surface area (Å²) >= 11 is 0. The van der Waals surface area contributed by atoms with Gasteiger partial charge < -0.3 is 9.47 Å². The smallest absolute Gasteiger partial charge is 0.416 e. The highest BCUT2D eigenvalue weighted by molar-refractivity contribution is 5.94. The van der Waals surface area contributed by atoms with Crippen molar-refractivity contribution in [2.75, 3.05) is 33.4 Å². The van der Waals surface area contributed by atoms with Gasteiger partial charge in [-0.15, -0.1) is 0 Å². The SMILES string of the molecule is COC(=O)CN(CC(=O)N1CCOC1=O)C1CCCC1. The minimum Gasteiger partial charge on any atom is -0.468 e. The number of rotatable bonds is 5. The molecule has 1 saturated heterocycles. The first kappa shape index (κ1) is 14.8. The zero-order valence-electron chi connectivity index (χ0n) is 11.7. The fraction of sp³-hybridized carbons (Fsp3) is 0.769. The number of hydrogen-bond donors (Lipinski definition) is 0. The van der Waals surface area contributed by atoms with E-state index in [0.29, 0.717) is 0 Å². The minimum absolute atomic E-state index is 0.0505. The van der Waals surface area contributed by atoms with Crippen LogP contribution in [0.25, 0.3) is 0 Å². The highest BCUT2D eigenvalue weighted by Crippen LogP contribution is 2.23. The molecule has 0 aromatic carbocycles. The molecule has 0 unspecified atom stereocenters. The van der Waals surface area contributed by atoms with Crippen molar-refractivity contribution in [2.45, 2.75) is 31.7 Å². The number of hydrogen-bond acceptors (Lipinski definition) is 6. The molecule has 2 rings (SSSR count). The summed E-state index contributed by atoms with van der Waals surface area (Å²) < 4.78 is 9.42. The summed E-state index contributed by atoms with van der Waals surface area (Å²) in [5.41, 5.74) is 0. The average Bonchev–Trinajstić information content (AvgIpc) is 3.08. The molecule has 7 nitrogen and oxygen atoms in total. The van der Waals surface area contributed by atoms with E-state index in [9.17, 15) is 14.4 Å². The van der Waals surface area contributed by atoms with E-state index < -0.39 is 6.09 Å². The molecule has 2 fully saturated rings. The second-order valence-corrected chi connectivity index (χ2v) is 5.08. The molecule has 112 valence electrons. The number of imide groups is 1. The quantitative estimate of drug-likeness (QED) is 0.679. The Morgan fingerprint density at radius 1 is 1.35 bits per heavy atom. The van der Waals surface area contributed by atoms with E-state index in [1.54, 1.807) is 0 Å². The maximum absolute atomic E-state index is 12.1. The van der Waals surface area contributed by atoms with Crippen molar-refractivity contribution in [1.82, 2.24) is 9.80 Å². The second kappa shape index (κ2) is 6.69. The maximum atomic E-state index is 12.1. The third kappa shape index (κ3) is 3.47. The van der Waals surface area contributed by atoms with Crippen LogP contribution in [0.15, 0.2) is 0 Å². The van der Waals surface area contributed by atoms with Gasteiger partial charge in [0.1, 0.15) is 6.61 Å². The third-order valence-electron chi connectivity index (χ3n) is 3.80. The van der Waals surface area contributed by atoms with Crippen LogP contribution in [0.1, 0.15) is 25.7 Å². The van der Waals surface area contributed by atoms with E-state index in [-0.39, 0.29) is 44.2 Å². The first-order valence-electron chi connectivity index (χ1n) is 6.90. The van der Waals surface area contributed by atoms with E-state index >= 15 is 0 Å². The zero-order valence-corrected chi connectivity index (χ0v) is 11.7. The lowest BCUT2D eigenvalue weighted by molar-refractivity contribution is -0.143. The number of ether oxygens (including phenoxy) is 2. The third-order valence-corrected chi connectivity index (χ3v) is 3.80. The molecular formula is C13H20N2O5. The molecule has 2 amide bonds. The van der Waals surface area contributed by atoms with Gasteiger partial charge in [0.15, 0.2) is 0 Å². The van der Waals surface area contributed by atoms with Crippen LogP contribution < -0.4 is 0 Å². The van der Waals surface area contributed by atoms with Gasteiger partial charge in [0.25, 0.3) is 0 Å². The van der Waals surface area contributed by atoms with Crippen molar-refractivity contribution in [1.29, 1.82) is 0 Å². The van der Waals surface area contributed by atoms with Gasteiger partial charge in [-0.1, -0.05) is 12.8 Å². The van der Waals surface area contributed by atoms with Crippen LogP contribution in [0.5, 0.6) is 0 Å². The Kier molecular flexibility index (Phi) is 4.94. The lowest BCUT2D eigenvalue weighted by Crippen LogP contribution is -2.46. The summed E-state index contributed by atoms with van der Waals surface area (Å²) in [5.74, 6) is -0.683. The monoisotopic (exact) mass is 284 g/mol. The van der Waals surface area contributed by atoms with Gasteiger partial charge >= 0.3 is 12.1 Å². The number of cyclic esters (lactones) is 1. The number of carbonyl (C=O) groups is 3. The Hall–Kier alpha value is -1.63. The molecule has 1 heterocycles. The van der Waals surface area contributed by atoms with Crippen molar-refractivity contribution in [3.05, 3.63) is 0 Å². The van der Waals surface area contributed by atoms with Gasteiger partial charge in [-0.05, 0) is 12.8 Å². The van der Waals surface area contributed by atoms with Crippen LogP contribution >= 0.6 is 0 Å². The summed E-state index contributed by atoms with van der Waals surface area (Å²) in [5, 5.41) is 0. The van der Waals surface area contributed by atoms with Crippen LogP contribution in [0.2, 0.25) is 0 Å². The lowest BCUT2D eigenvalue weighted by atomic mass is 10.2. The van der Waals surface area contributed by atoms with E-state index in [0.717, 1.165) is 30.6 Å². The number of carbonyl (C=O) groups excluding carboxylic acids is 3. The van der Waals surface area contributed by atoms with Gasteiger partial charge in [0, 0.05) is 6.04 Å². The molecule has 0 aromatic rings. The predicted octanol–water partition coefficient (Wildman–Crippen LogP) is 0.383. The minimum atomic E-state index is -0.598. The first-order chi connectivity index (χ1) is 9.61. The average molecular weight is 284 g/mol. The maximum Gasteiger partial charge on any atom is 0.416 e. The summed E-state index contributed by atoms with van der Waals surface area (Å²) in [6.07, 6.45) is 3.54. The summed E-state index contributed by atoms with van der Waals surface area (Å²) in [7, 11) is 1.33. The highest BCUT2D eigenvalue weighted by Gasteiger charge is 2.32. The van der Waals surface area contributed by atoms with Gasteiger partial charge in [0.2, 0.25) is 5.91 Å². The van der Waals surface area contributed by atoms with Crippen molar-refractivity contribution in [3.63, 3.8) is 0 Å². The van der Waals surface area contributed by atoms with Crippen LogP contribution in [0.3, 0.4) is 0 Å². The molecule has 2 aliphatic rings. The van der Waals surface area contributed by atoms with E-state index in [1.807, 2.05) is 4.90 Å². The Bertz CT molecular complexity index is 392. The Labute approximate surface area is 117 Å². The van der Waals surface area contributed by atoms with Gasteiger partial charge in [-0.2, -0.15) is 0 Å². The summed E-state index contributed by atoms with van der Waals surface area (Å²) in [6.45, 7) is 0.657. The molecule has 0 atom stereocenters. The van der Waals surface area contributed by atoms with Crippen molar-refractivity contribution < 1.29 is 23.9 Å². The molecule has 0 spiro atoms. The number of nitrogens with zero attached hydrogens (tertiary/aromatic N) is 2. The molecule has 0 N–H and O–H groups in total. The second-order valence-electron chi connectivity index (χ2n) is 5.08.